The Hall–Kier alpha value is -3.82. The number of imidazole rings is 1. The molecule has 3 aromatic heterocycles. The van der Waals surface area contributed by atoms with Crippen LogP contribution in [-0.4, -0.2) is 24.3 Å². The van der Waals surface area contributed by atoms with Gasteiger partial charge < -0.3 is 15.0 Å². The van der Waals surface area contributed by atoms with Crippen LogP contribution in [-0.2, 0) is 6.54 Å². The van der Waals surface area contributed by atoms with Crippen LogP contribution in [0, 0.1) is 5.82 Å². The van der Waals surface area contributed by atoms with E-state index in [9.17, 15) is 13.2 Å². The van der Waals surface area contributed by atoms with Crippen LogP contribution in [0.1, 0.15) is 30.7 Å². The minimum absolute atomic E-state index is 0.0942. The number of alkyl halides is 2. The number of benzene rings is 1. The molecular formula is C21H17F3N6O. The highest BCUT2D eigenvalue weighted by molar-refractivity contribution is 5.68. The van der Waals surface area contributed by atoms with Crippen LogP contribution in [0.2, 0.25) is 0 Å². The van der Waals surface area contributed by atoms with Gasteiger partial charge in [-0.15, -0.1) is 0 Å². The first kappa shape index (κ1) is 19.2. The van der Waals surface area contributed by atoms with Crippen molar-refractivity contribution >= 4 is 5.82 Å². The van der Waals surface area contributed by atoms with Crippen molar-refractivity contribution in [2.75, 3.05) is 5.73 Å². The molecule has 7 nitrogen and oxygen atoms in total. The summed E-state index contributed by atoms with van der Waals surface area (Å²) < 4.78 is 49.9. The number of rotatable bonds is 1. The van der Waals surface area contributed by atoms with Gasteiger partial charge in [0.25, 0.3) is 0 Å². The van der Waals surface area contributed by atoms with Crippen molar-refractivity contribution in [3.05, 3.63) is 66.0 Å². The molecule has 0 amide bonds. The average Bonchev–Trinajstić information content (AvgIpc) is 3.36. The lowest BCUT2D eigenvalue weighted by Crippen LogP contribution is -2.12. The van der Waals surface area contributed by atoms with Crippen LogP contribution < -0.4 is 10.5 Å². The molecule has 10 heteroatoms. The molecule has 31 heavy (non-hydrogen) atoms. The number of halogens is 3. The Balaban J connectivity index is 1.80. The molecule has 0 radical (unpaired) electrons. The lowest BCUT2D eigenvalue weighted by atomic mass is 10.0. The summed E-state index contributed by atoms with van der Waals surface area (Å²) in [5, 5.41) is 3.88. The minimum atomic E-state index is -2.84. The molecule has 1 aliphatic rings. The summed E-state index contributed by atoms with van der Waals surface area (Å²) in [7, 11) is 0. The zero-order valence-electron chi connectivity index (χ0n) is 16.3. The lowest BCUT2D eigenvalue weighted by Gasteiger charge is -2.21. The van der Waals surface area contributed by atoms with Gasteiger partial charge in [-0.25, -0.2) is 19.0 Å². The van der Waals surface area contributed by atoms with Crippen LogP contribution in [0.25, 0.3) is 22.6 Å². The van der Waals surface area contributed by atoms with Gasteiger partial charge in [0, 0.05) is 40.8 Å². The van der Waals surface area contributed by atoms with Gasteiger partial charge in [0.2, 0.25) is 0 Å². The number of nitrogen functional groups attached to an aromatic ring is 1. The molecule has 0 saturated heterocycles. The second-order valence-electron chi connectivity index (χ2n) is 7.22. The number of nitrogens with two attached hydrogens (primary N) is 1. The molecular weight excluding hydrogens is 409 g/mol. The molecule has 2 bridgehead atoms. The smallest absolute Gasteiger partial charge is 0.333 e. The predicted molar refractivity (Wildman–Crippen MR) is 107 cm³/mol. The van der Waals surface area contributed by atoms with Gasteiger partial charge in [-0.3, -0.25) is 0 Å². The van der Waals surface area contributed by atoms with E-state index in [-0.39, 0.29) is 23.8 Å². The molecule has 1 unspecified atom stereocenters. The van der Waals surface area contributed by atoms with Gasteiger partial charge in [-0.1, -0.05) is 0 Å². The molecule has 158 valence electrons. The Morgan fingerprint density at radius 3 is 2.84 bits per heavy atom. The third kappa shape index (κ3) is 3.20. The quantitative estimate of drug-likeness (QED) is 0.487. The number of pyridine rings is 1. The molecule has 0 saturated carbocycles. The van der Waals surface area contributed by atoms with Crippen molar-refractivity contribution in [2.45, 2.75) is 26.1 Å². The standard InChI is InChI=1S/C21H17F3N6O/c1-11-16-7-14(22)2-3-15(16)20-26-4-5-29(20)10-13-9-28-30(21(23)24)18(13)12-6-17(31-11)19(25)27-8-12/h2-9,11,21H,10H2,1H3,(H2,25,27). The van der Waals surface area contributed by atoms with Crippen molar-refractivity contribution in [2.24, 2.45) is 0 Å². The topological polar surface area (TPSA) is 83.8 Å². The summed E-state index contributed by atoms with van der Waals surface area (Å²) in [6, 6.07) is 5.90. The van der Waals surface area contributed by atoms with E-state index in [1.165, 1.54) is 24.5 Å². The molecule has 0 aliphatic carbocycles. The number of hydrogen-bond donors (Lipinski definition) is 1. The molecule has 0 spiro atoms. The highest BCUT2D eigenvalue weighted by Crippen LogP contribution is 2.37. The minimum Gasteiger partial charge on any atom is -0.482 e. The maximum absolute atomic E-state index is 14.1. The molecule has 1 aliphatic heterocycles. The molecule has 2 N–H and O–H groups in total. The van der Waals surface area contributed by atoms with Gasteiger partial charge in [0.15, 0.2) is 11.6 Å². The summed E-state index contributed by atoms with van der Waals surface area (Å²) in [5.74, 6) is 0.435. The van der Waals surface area contributed by atoms with Gasteiger partial charge in [0.05, 0.1) is 18.4 Å². The van der Waals surface area contributed by atoms with Gasteiger partial charge in [-0.2, -0.15) is 13.9 Å². The average molecular weight is 426 g/mol. The van der Waals surface area contributed by atoms with Gasteiger partial charge >= 0.3 is 6.55 Å². The SMILES string of the molecule is CC1Oc2cc(cnc2N)-c2c(cnn2C(F)F)Cn2ccnc2-c2ccc(F)cc21. The van der Waals surface area contributed by atoms with Crippen LogP contribution >= 0.6 is 0 Å². The van der Waals surface area contributed by atoms with E-state index in [1.807, 2.05) is 0 Å². The maximum Gasteiger partial charge on any atom is 0.333 e. The first-order valence-corrected chi connectivity index (χ1v) is 9.50. The summed E-state index contributed by atoms with van der Waals surface area (Å²) >= 11 is 0. The molecule has 0 fully saturated rings. The van der Waals surface area contributed by atoms with E-state index in [0.717, 1.165) is 0 Å². The molecule has 4 aromatic rings. The van der Waals surface area contributed by atoms with E-state index in [0.29, 0.717) is 32.8 Å². The number of ether oxygens (including phenoxy) is 1. The highest BCUT2D eigenvalue weighted by Gasteiger charge is 2.24. The van der Waals surface area contributed by atoms with Crippen LogP contribution in [0.3, 0.4) is 0 Å². The number of hydrogen-bond acceptors (Lipinski definition) is 5. The van der Waals surface area contributed by atoms with Crippen LogP contribution in [0.5, 0.6) is 5.75 Å². The zero-order chi connectivity index (χ0) is 21.7. The number of aromatic nitrogens is 5. The normalized spacial score (nSPS) is 15.3. The largest absolute Gasteiger partial charge is 0.482 e. The van der Waals surface area contributed by atoms with Crippen molar-refractivity contribution in [1.82, 2.24) is 24.3 Å². The van der Waals surface area contributed by atoms with Crippen molar-refractivity contribution in [3.8, 4) is 28.4 Å². The van der Waals surface area contributed by atoms with Crippen molar-refractivity contribution in [1.29, 1.82) is 0 Å². The monoisotopic (exact) mass is 426 g/mol. The Morgan fingerprint density at radius 1 is 1.19 bits per heavy atom. The highest BCUT2D eigenvalue weighted by atomic mass is 19.3. The Labute approximate surface area is 174 Å². The summed E-state index contributed by atoms with van der Waals surface area (Å²) in [6.07, 6.45) is 5.51. The zero-order valence-corrected chi connectivity index (χ0v) is 16.3. The van der Waals surface area contributed by atoms with E-state index in [4.69, 9.17) is 10.5 Å². The summed E-state index contributed by atoms with van der Waals surface area (Å²) in [4.78, 5) is 8.55. The maximum atomic E-state index is 14.1. The van der Waals surface area contributed by atoms with Crippen molar-refractivity contribution in [3.63, 3.8) is 0 Å². The van der Waals surface area contributed by atoms with Crippen LogP contribution in [0.4, 0.5) is 19.0 Å². The van der Waals surface area contributed by atoms with Gasteiger partial charge in [-0.05, 0) is 31.2 Å². The third-order valence-electron chi connectivity index (χ3n) is 5.26. The fraction of sp³-hybridized carbons (Fsp3) is 0.190. The predicted octanol–water partition coefficient (Wildman–Crippen LogP) is 4.43. The second-order valence-corrected chi connectivity index (χ2v) is 7.22. The third-order valence-corrected chi connectivity index (χ3v) is 5.26. The summed E-state index contributed by atoms with van der Waals surface area (Å²) in [5.41, 5.74) is 8.34. The van der Waals surface area contributed by atoms with E-state index in [2.05, 4.69) is 15.1 Å². The Morgan fingerprint density at radius 2 is 2.03 bits per heavy atom. The fourth-order valence-electron chi connectivity index (χ4n) is 3.85. The first-order chi connectivity index (χ1) is 14.9. The lowest BCUT2D eigenvalue weighted by molar-refractivity contribution is 0.0584. The van der Waals surface area contributed by atoms with E-state index in [1.54, 1.807) is 36.0 Å². The van der Waals surface area contributed by atoms with E-state index >= 15 is 0 Å². The number of fused-ring (bicyclic) bond motifs is 7. The molecule has 5 rings (SSSR count). The second kappa shape index (κ2) is 7.15. The number of nitrogens with zero attached hydrogens (tertiary/aromatic N) is 5. The van der Waals surface area contributed by atoms with Gasteiger partial charge in [0.1, 0.15) is 17.7 Å². The summed E-state index contributed by atoms with van der Waals surface area (Å²) in [6.45, 7) is -0.870. The fourth-order valence-corrected chi connectivity index (χ4v) is 3.85. The van der Waals surface area contributed by atoms with E-state index < -0.39 is 18.5 Å². The molecule has 1 atom stereocenters. The van der Waals surface area contributed by atoms with Crippen LogP contribution in [0.15, 0.2) is 49.1 Å². The Bertz CT molecular complexity index is 1280. The molecule has 1 aromatic carbocycles. The molecule has 4 heterocycles. The Kier molecular flexibility index (Phi) is 4.42. The first-order valence-electron chi connectivity index (χ1n) is 9.50. The van der Waals surface area contributed by atoms with Crippen molar-refractivity contribution < 1.29 is 17.9 Å². The number of anilines is 1.